The van der Waals surface area contributed by atoms with E-state index >= 15 is 0 Å². The third-order valence-electron chi connectivity index (χ3n) is 3.43. The van der Waals surface area contributed by atoms with Crippen LogP contribution in [0.2, 0.25) is 5.02 Å². The van der Waals surface area contributed by atoms with E-state index in [-0.39, 0.29) is 0 Å². The molecule has 1 unspecified atom stereocenters. The first-order chi connectivity index (χ1) is 10.1. The molecule has 0 aliphatic rings. The van der Waals surface area contributed by atoms with Gasteiger partial charge >= 0.3 is 0 Å². The molecule has 0 saturated heterocycles. The average molecular weight is 315 g/mol. The molecule has 1 aromatic carbocycles. The summed E-state index contributed by atoms with van der Waals surface area (Å²) < 4.78 is 10.3. The molecule has 0 amide bonds. The fraction of sp³-hybridized carbons (Fsp3) is 0.625. The predicted molar refractivity (Wildman–Crippen MR) is 89.4 cm³/mol. The van der Waals surface area contributed by atoms with Gasteiger partial charge in [-0.15, -0.1) is 0 Å². The Morgan fingerprint density at radius 1 is 1.29 bits per heavy atom. The molecule has 1 N–H and O–H groups in total. The molecular formula is C16H27ClN2O2. The first kappa shape index (κ1) is 18.2. The van der Waals surface area contributed by atoms with E-state index in [2.05, 4.69) is 30.1 Å². The number of hydrogen-bond acceptors (Lipinski definition) is 4. The second-order valence-corrected chi connectivity index (χ2v) is 5.47. The van der Waals surface area contributed by atoms with Crippen molar-refractivity contribution in [2.45, 2.75) is 26.4 Å². The van der Waals surface area contributed by atoms with Crippen LogP contribution in [-0.4, -0.2) is 46.6 Å². The van der Waals surface area contributed by atoms with Crippen LogP contribution in [0.4, 0.5) is 5.69 Å². The lowest BCUT2D eigenvalue weighted by Gasteiger charge is -2.31. The van der Waals surface area contributed by atoms with Gasteiger partial charge in [-0.2, -0.15) is 0 Å². The van der Waals surface area contributed by atoms with Crippen molar-refractivity contribution in [1.29, 1.82) is 0 Å². The second kappa shape index (κ2) is 10.0. The Hall–Kier alpha value is -0.810. The van der Waals surface area contributed by atoms with Gasteiger partial charge in [0.25, 0.3) is 0 Å². The number of rotatable bonds is 10. The third kappa shape index (κ3) is 5.83. The van der Waals surface area contributed by atoms with Gasteiger partial charge in [-0.1, -0.05) is 11.6 Å². The van der Waals surface area contributed by atoms with Gasteiger partial charge < -0.3 is 19.7 Å². The van der Waals surface area contributed by atoms with Crippen molar-refractivity contribution in [3.63, 3.8) is 0 Å². The lowest BCUT2D eigenvalue weighted by Crippen LogP contribution is -2.37. The van der Waals surface area contributed by atoms with E-state index in [1.807, 2.05) is 12.1 Å². The summed E-state index contributed by atoms with van der Waals surface area (Å²) >= 11 is 6.15. The van der Waals surface area contributed by atoms with E-state index in [0.29, 0.717) is 19.3 Å². The Bertz CT molecular complexity index is 415. The molecular weight excluding hydrogens is 288 g/mol. The minimum absolute atomic E-state index is 0.318. The van der Waals surface area contributed by atoms with Crippen molar-refractivity contribution < 1.29 is 9.47 Å². The topological polar surface area (TPSA) is 33.7 Å². The van der Waals surface area contributed by atoms with E-state index in [1.54, 1.807) is 14.2 Å². The minimum atomic E-state index is 0.318. The van der Waals surface area contributed by atoms with Gasteiger partial charge in [0.1, 0.15) is 0 Å². The quantitative estimate of drug-likeness (QED) is 0.673. The van der Waals surface area contributed by atoms with Gasteiger partial charge in [-0.3, -0.25) is 0 Å². The number of hydrogen-bond donors (Lipinski definition) is 1. The van der Waals surface area contributed by atoms with Crippen LogP contribution in [0.15, 0.2) is 18.2 Å². The molecule has 0 radical (unpaired) electrons. The molecule has 0 saturated carbocycles. The molecule has 0 heterocycles. The first-order valence-electron chi connectivity index (χ1n) is 7.37. The van der Waals surface area contributed by atoms with Crippen molar-refractivity contribution >= 4 is 17.3 Å². The Kier molecular flexibility index (Phi) is 8.69. The zero-order valence-electron chi connectivity index (χ0n) is 13.5. The normalized spacial score (nSPS) is 12.4. The molecule has 0 fully saturated rings. The Morgan fingerprint density at radius 3 is 2.67 bits per heavy atom. The van der Waals surface area contributed by atoms with Crippen LogP contribution in [0.3, 0.4) is 0 Å². The van der Waals surface area contributed by atoms with Gasteiger partial charge in [-0.25, -0.2) is 0 Å². The molecule has 4 nitrogen and oxygen atoms in total. The monoisotopic (exact) mass is 314 g/mol. The fourth-order valence-electron chi connectivity index (χ4n) is 2.42. The van der Waals surface area contributed by atoms with Crippen LogP contribution in [0.1, 0.15) is 19.4 Å². The molecule has 5 heteroatoms. The standard InChI is InChI=1S/C16H27ClN2O2/c1-5-19(13(2)12-21-4)16-7-6-15(17)10-14(16)11-18-8-9-20-3/h6-7,10,13,18H,5,8-9,11-12H2,1-4H3. The van der Waals surface area contributed by atoms with Gasteiger partial charge in [0.05, 0.1) is 13.2 Å². The number of nitrogens with one attached hydrogen (secondary N) is 1. The molecule has 1 aromatic rings. The SMILES string of the molecule is CCN(c1ccc(Cl)cc1CNCCOC)C(C)COC. The maximum Gasteiger partial charge on any atom is 0.0663 e. The van der Waals surface area contributed by atoms with E-state index in [1.165, 1.54) is 11.3 Å². The van der Waals surface area contributed by atoms with Gasteiger partial charge in [0, 0.05) is 50.6 Å². The highest BCUT2D eigenvalue weighted by Gasteiger charge is 2.16. The number of nitrogens with zero attached hydrogens (tertiary/aromatic N) is 1. The summed E-state index contributed by atoms with van der Waals surface area (Å²) in [6, 6.07) is 6.38. The van der Waals surface area contributed by atoms with Crippen molar-refractivity contribution in [3.8, 4) is 0 Å². The molecule has 0 spiro atoms. The highest BCUT2D eigenvalue weighted by Crippen LogP contribution is 2.26. The van der Waals surface area contributed by atoms with Gasteiger partial charge in [0.2, 0.25) is 0 Å². The molecule has 0 bridgehead atoms. The van der Waals surface area contributed by atoms with Crippen molar-refractivity contribution in [1.82, 2.24) is 5.32 Å². The van der Waals surface area contributed by atoms with Crippen molar-refractivity contribution in [2.75, 3.05) is 45.4 Å². The van der Waals surface area contributed by atoms with Crippen molar-refractivity contribution in [2.24, 2.45) is 0 Å². The molecule has 0 aromatic heterocycles. The summed E-state index contributed by atoms with van der Waals surface area (Å²) in [5.74, 6) is 0. The molecule has 21 heavy (non-hydrogen) atoms. The van der Waals surface area contributed by atoms with Crippen molar-refractivity contribution in [3.05, 3.63) is 28.8 Å². The zero-order valence-corrected chi connectivity index (χ0v) is 14.2. The average Bonchev–Trinajstić information content (AvgIpc) is 2.46. The Balaban J connectivity index is 2.87. The van der Waals surface area contributed by atoms with E-state index in [4.69, 9.17) is 21.1 Å². The highest BCUT2D eigenvalue weighted by molar-refractivity contribution is 6.30. The van der Waals surface area contributed by atoms with Gasteiger partial charge in [-0.05, 0) is 37.6 Å². The summed E-state index contributed by atoms with van der Waals surface area (Å²) in [7, 11) is 3.44. The molecule has 1 rings (SSSR count). The van der Waals surface area contributed by atoms with Gasteiger partial charge in [0.15, 0.2) is 0 Å². The van der Waals surface area contributed by atoms with Crippen LogP contribution in [-0.2, 0) is 16.0 Å². The first-order valence-corrected chi connectivity index (χ1v) is 7.75. The maximum atomic E-state index is 6.15. The minimum Gasteiger partial charge on any atom is -0.383 e. The highest BCUT2D eigenvalue weighted by atomic mass is 35.5. The second-order valence-electron chi connectivity index (χ2n) is 5.03. The van der Waals surface area contributed by atoms with Crippen LogP contribution in [0.25, 0.3) is 0 Å². The fourth-order valence-corrected chi connectivity index (χ4v) is 2.62. The van der Waals surface area contributed by atoms with Crippen LogP contribution in [0.5, 0.6) is 0 Å². The molecule has 1 atom stereocenters. The maximum absolute atomic E-state index is 6.15. The zero-order chi connectivity index (χ0) is 15.7. The van der Waals surface area contributed by atoms with Crippen LogP contribution in [0, 0.1) is 0 Å². The Morgan fingerprint density at radius 2 is 2.05 bits per heavy atom. The molecule has 120 valence electrons. The number of anilines is 1. The van der Waals surface area contributed by atoms with Crippen LogP contribution >= 0.6 is 11.6 Å². The molecule has 0 aliphatic carbocycles. The summed E-state index contributed by atoms with van der Waals surface area (Å²) in [5, 5.41) is 4.14. The predicted octanol–water partition coefficient (Wildman–Crippen LogP) is 2.94. The number of halogens is 1. The number of benzene rings is 1. The smallest absolute Gasteiger partial charge is 0.0663 e. The molecule has 0 aliphatic heterocycles. The lowest BCUT2D eigenvalue weighted by molar-refractivity contribution is 0.182. The van der Waals surface area contributed by atoms with E-state index in [0.717, 1.165) is 24.7 Å². The number of likely N-dealkylation sites (N-methyl/N-ethyl adjacent to an activating group) is 1. The lowest BCUT2D eigenvalue weighted by atomic mass is 10.1. The van der Waals surface area contributed by atoms with Crippen LogP contribution < -0.4 is 10.2 Å². The number of methoxy groups -OCH3 is 2. The number of ether oxygens (including phenoxy) is 2. The Labute approximate surface area is 133 Å². The van der Waals surface area contributed by atoms with E-state index < -0.39 is 0 Å². The summed E-state index contributed by atoms with van der Waals surface area (Å²) in [4.78, 5) is 2.34. The summed E-state index contributed by atoms with van der Waals surface area (Å²) in [6.45, 7) is 8.25. The summed E-state index contributed by atoms with van der Waals surface area (Å²) in [6.07, 6.45) is 0. The largest absolute Gasteiger partial charge is 0.383 e. The van der Waals surface area contributed by atoms with E-state index in [9.17, 15) is 0 Å². The third-order valence-corrected chi connectivity index (χ3v) is 3.67. The summed E-state index contributed by atoms with van der Waals surface area (Å²) in [5.41, 5.74) is 2.40.